The SMILES string of the molecule is CCCOC(=O)CC(=O)Oc1ccccc1. The van der Waals surface area contributed by atoms with Crippen molar-refractivity contribution in [1.29, 1.82) is 0 Å². The van der Waals surface area contributed by atoms with Gasteiger partial charge in [0.05, 0.1) is 6.61 Å². The summed E-state index contributed by atoms with van der Waals surface area (Å²) in [6.45, 7) is 2.22. The molecule has 1 aromatic rings. The van der Waals surface area contributed by atoms with Crippen molar-refractivity contribution in [2.75, 3.05) is 6.61 Å². The van der Waals surface area contributed by atoms with E-state index in [1.807, 2.05) is 13.0 Å². The highest BCUT2D eigenvalue weighted by Crippen LogP contribution is 2.09. The van der Waals surface area contributed by atoms with E-state index in [-0.39, 0.29) is 6.42 Å². The zero-order valence-electron chi connectivity index (χ0n) is 9.14. The van der Waals surface area contributed by atoms with Gasteiger partial charge in [-0.2, -0.15) is 0 Å². The maximum atomic E-state index is 11.3. The van der Waals surface area contributed by atoms with Gasteiger partial charge in [0, 0.05) is 0 Å². The third-order valence-electron chi connectivity index (χ3n) is 1.73. The van der Waals surface area contributed by atoms with Crippen LogP contribution in [0.1, 0.15) is 19.8 Å². The highest BCUT2D eigenvalue weighted by molar-refractivity contribution is 5.92. The molecular formula is C12H14O4. The first-order chi connectivity index (χ1) is 7.72. The predicted octanol–water partition coefficient (Wildman–Crippen LogP) is 1.94. The van der Waals surface area contributed by atoms with Crippen LogP contribution in [0, 0.1) is 0 Å². The highest BCUT2D eigenvalue weighted by Gasteiger charge is 2.12. The number of ether oxygens (including phenoxy) is 2. The summed E-state index contributed by atoms with van der Waals surface area (Å²) in [5.41, 5.74) is 0. The molecule has 0 aliphatic carbocycles. The molecule has 0 fully saturated rings. The zero-order valence-corrected chi connectivity index (χ0v) is 9.14. The highest BCUT2D eigenvalue weighted by atomic mass is 16.6. The molecule has 0 N–H and O–H groups in total. The minimum atomic E-state index is -0.604. The smallest absolute Gasteiger partial charge is 0.322 e. The molecule has 0 saturated heterocycles. The number of benzene rings is 1. The normalized spacial score (nSPS) is 9.56. The summed E-state index contributed by atoms with van der Waals surface area (Å²) in [6, 6.07) is 8.60. The number of rotatable bonds is 5. The lowest BCUT2D eigenvalue weighted by atomic mass is 10.3. The maximum absolute atomic E-state index is 11.3. The van der Waals surface area contributed by atoms with Gasteiger partial charge >= 0.3 is 11.9 Å². The van der Waals surface area contributed by atoms with E-state index in [1.165, 1.54) is 0 Å². The van der Waals surface area contributed by atoms with Crippen LogP contribution in [-0.2, 0) is 14.3 Å². The monoisotopic (exact) mass is 222 g/mol. The molecule has 0 unspecified atom stereocenters. The molecule has 4 nitrogen and oxygen atoms in total. The Balaban J connectivity index is 2.34. The van der Waals surface area contributed by atoms with E-state index in [1.54, 1.807) is 24.3 Å². The van der Waals surface area contributed by atoms with Crippen molar-refractivity contribution in [3.05, 3.63) is 30.3 Å². The lowest BCUT2D eigenvalue weighted by Crippen LogP contribution is -2.16. The van der Waals surface area contributed by atoms with E-state index in [9.17, 15) is 9.59 Å². The van der Waals surface area contributed by atoms with Crippen molar-refractivity contribution in [2.24, 2.45) is 0 Å². The zero-order chi connectivity index (χ0) is 11.8. The topological polar surface area (TPSA) is 52.6 Å². The van der Waals surface area contributed by atoms with E-state index in [0.29, 0.717) is 12.4 Å². The van der Waals surface area contributed by atoms with Gasteiger partial charge in [0.25, 0.3) is 0 Å². The lowest BCUT2D eigenvalue weighted by molar-refractivity contribution is -0.150. The van der Waals surface area contributed by atoms with Gasteiger partial charge in [0.1, 0.15) is 12.2 Å². The molecule has 0 radical (unpaired) electrons. The fraction of sp³-hybridized carbons (Fsp3) is 0.333. The summed E-state index contributed by atoms with van der Waals surface area (Å²) >= 11 is 0. The number of para-hydroxylation sites is 1. The van der Waals surface area contributed by atoms with Gasteiger partial charge in [-0.25, -0.2) is 0 Å². The second kappa shape index (κ2) is 6.61. The lowest BCUT2D eigenvalue weighted by Gasteiger charge is -2.04. The molecule has 16 heavy (non-hydrogen) atoms. The summed E-state index contributed by atoms with van der Waals surface area (Å²) in [7, 11) is 0. The van der Waals surface area contributed by atoms with Crippen molar-refractivity contribution in [1.82, 2.24) is 0 Å². The van der Waals surface area contributed by atoms with Crippen LogP contribution in [0.15, 0.2) is 30.3 Å². The number of hydrogen-bond donors (Lipinski definition) is 0. The van der Waals surface area contributed by atoms with E-state index in [2.05, 4.69) is 0 Å². The van der Waals surface area contributed by atoms with Gasteiger partial charge in [-0.3, -0.25) is 9.59 Å². The van der Waals surface area contributed by atoms with Gasteiger partial charge in [-0.1, -0.05) is 25.1 Å². The second-order valence-corrected chi connectivity index (χ2v) is 3.18. The van der Waals surface area contributed by atoms with E-state index in [4.69, 9.17) is 9.47 Å². The van der Waals surface area contributed by atoms with Crippen molar-refractivity contribution in [3.8, 4) is 5.75 Å². The number of hydrogen-bond acceptors (Lipinski definition) is 4. The molecule has 0 saturated carbocycles. The Bertz CT molecular complexity index is 345. The minimum Gasteiger partial charge on any atom is -0.465 e. The van der Waals surface area contributed by atoms with Gasteiger partial charge in [-0.15, -0.1) is 0 Å². The summed E-state index contributed by atoms with van der Waals surface area (Å²) in [5, 5.41) is 0. The summed E-state index contributed by atoms with van der Waals surface area (Å²) in [6.07, 6.45) is 0.383. The molecule has 0 amide bonds. The van der Waals surface area contributed by atoms with E-state index >= 15 is 0 Å². The Labute approximate surface area is 94.2 Å². The Morgan fingerprint density at radius 2 is 1.81 bits per heavy atom. The average Bonchev–Trinajstić information content (AvgIpc) is 2.27. The standard InChI is InChI=1S/C12H14O4/c1-2-8-15-11(13)9-12(14)16-10-6-4-3-5-7-10/h3-7H,2,8-9H2,1H3. The van der Waals surface area contributed by atoms with Gasteiger partial charge in [0.15, 0.2) is 0 Å². The predicted molar refractivity (Wildman–Crippen MR) is 57.9 cm³/mol. The van der Waals surface area contributed by atoms with Crippen LogP contribution in [0.25, 0.3) is 0 Å². The van der Waals surface area contributed by atoms with Crippen molar-refractivity contribution in [2.45, 2.75) is 19.8 Å². The molecule has 1 rings (SSSR count). The van der Waals surface area contributed by atoms with Crippen LogP contribution in [0.4, 0.5) is 0 Å². The molecule has 0 aliphatic heterocycles. The van der Waals surface area contributed by atoms with Crippen LogP contribution >= 0.6 is 0 Å². The van der Waals surface area contributed by atoms with Crippen LogP contribution in [0.3, 0.4) is 0 Å². The van der Waals surface area contributed by atoms with E-state index < -0.39 is 11.9 Å². The quantitative estimate of drug-likeness (QED) is 0.434. The summed E-state index contributed by atoms with van der Waals surface area (Å²) in [5.74, 6) is -0.731. The molecule has 4 heteroatoms. The molecule has 0 aromatic heterocycles. The Kier molecular flexibility index (Phi) is 5.05. The fourth-order valence-electron chi connectivity index (χ4n) is 1.04. The van der Waals surface area contributed by atoms with Gasteiger partial charge in [0.2, 0.25) is 0 Å². The first-order valence-corrected chi connectivity index (χ1v) is 5.13. The molecule has 1 aromatic carbocycles. The largest absolute Gasteiger partial charge is 0.465 e. The second-order valence-electron chi connectivity index (χ2n) is 3.18. The molecule has 0 bridgehead atoms. The number of carbonyl (C=O) groups is 2. The Morgan fingerprint density at radius 1 is 1.12 bits per heavy atom. The van der Waals surface area contributed by atoms with Gasteiger partial charge < -0.3 is 9.47 Å². The van der Waals surface area contributed by atoms with E-state index in [0.717, 1.165) is 6.42 Å². The number of esters is 2. The van der Waals surface area contributed by atoms with Gasteiger partial charge in [-0.05, 0) is 18.6 Å². The van der Waals surface area contributed by atoms with Crippen molar-refractivity contribution < 1.29 is 19.1 Å². The Hall–Kier alpha value is -1.84. The molecule has 0 aliphatic rings. The molecule has 0 heterocycles. The third-order valence-corrected chi connectivity index (χ3v) is 1.73. The van der Waals surface area contributed by atoms with Crippen molar-refractivity contribution in [3.63, 3.8) is 0 Å². The Morgan fingerprint density at radius 3 is 2.44 bits per heavy atom. The molecular weight excluding hydrogens is 208 g/mol. The van der Waals surface area contributed by atoms with Crippen molar-refractivity contribution >= 4 is 11.9 Å². The summed E-state index contributed by atoms with van der Waals surface area (Å²) in [4.78, 5) is 22.3. The van der Waals surface area contributed by atoms with Crippen LogP contribution in [0.2, 0.25) is 0 Å². The third kappa shape index (κ3) is 4.59. The number of carbonyl (C=O) groups excluding carboxylic acids is 2. The molecule has 86 valence electrons. The first-order valence-electron chi connectivity index (χ1n) is 5.13. The average molecular weight is 222 g/mol. The van der Waals surface area contributed by atoms with Crippen LogP contribution in [-0.4, -0.2) is 18.5 Å². The summed E-state index contributed by atoms with van der Waals surface area (Å²) < 4.78 is 9.68. The molecule has 0 spiro atoms. The van der Waals surface area contributed by atoms with Crippen LogP contribution in [0.5, 0.6) is 5.75 Å². The maximum Gasteiger partial charge on any atom is 0.322 e. The first kappa shape index (κ1) is 12.2. The fourth-order valence-corrected chi connectivity index (χ4v) is 1.04. The van der Waals surface area contributed by atoms with Crippen LogP contribution < -0.4 is 4.74 Å². The minimum absolute atomic E-state index is 0.331. The molecule has 0 atom stereocenters.